The maximum absolute atomic E-state index is 10.7. The second-order valence-corrected chi connectivity index (χ2v) is 4.86. The first-order chi connectivity index (χ1) is 8.07. The first kappa shape index (κ1) is 12.1. The quantitative estimate of drug-likeness (QED) is 0.874. The van der Waals surface area contributed by atoms with Gasteiger partial charge in [0.15, 0.2) is 0 Å². The van der Waals surface area contributed by atoms with E-state index >= 15 is 0 Å². The van der Waals surface area contributed by atoms with Crippen LogP contribution < -0.4 is 0 Å². The van der Waals surface area contributed by atoms with Crippen LogP contribution in [0.1, 0.15) is 32.8 Å². The third-order valence-electron chi connectivity index (χ3n) is 3.80. The van der Waals surface area contributed by atoms with E-state index in [0.717, 1.165) is 22.8 Å². The summed E-state index contributed by atoms with van der Waals surface area (Å²) in [7, 11) is 0. The molecule has 90 valence electrons. The average Bonchev–Trinajstić information content (AvgIpc) is 2.37. The van der Waals surface area contributed by atoms with E-state index in [4.69, 9.17) is 0 Å². The Morgan fingerprint density at radius 2 is 2.12 bits per heavy atom. The molecule has 17 heavy (non-hydrogen) atoms. The van der Waals surface area contributed by atoms with E-state index in [2.05, 4.69) is 18.8 Å². The molecule has 1 aromatic heterocycles. The van der Waals surface area contributed by atoms with Crippen LogP contribution in [0, 0.1) is 5.92 Å². The molecule has 0 saturated carbocycles. The first-order valence-electron chi connectivity index (χ1n) is 6.13. The highest BCUT2D eigenvalue weighted by Crippen LogP contribution is 2.35. The van der Waals surface area contributed by atoms with Gasteiger partial charge < -0.3 is 5.11 Å². The van der Waals surface area contributed by atoms with Gasteiger partial charge in [0.2, 0.25) is 0 Å². The smallest absolute Gasteiger partial charge is 0.0900 e. The predicted octanol–water partition coefficient (Wildman–Crippen LogP) is 3.49. The summed E-state index contributed by atoms with van der Waals surface area (Å²) in [6, 6.07) is 8.02. The number of pyridine rings is 1. The zero-order valence-corrected chi connectivity index (χ0v) is 10.6. The van der Waals surface area contributed by atoms with Crippen LogP contribution in [-0.4, -0.2) is 10.1 Å². The lowest BCUT2D eigenvalue weighted by Gasteiger charge is -2.31. The number of nitrogens with zero attached hydrogens (tertiary/aromatic N) is 1. The maximum Gasteiger partial charge on any atom is 0.0900 e. The van der Waals surface area contributed by atoms with Gasteiger partial charge in [-0.3, -0.25) is 4.98 Å². The van der Waals surface area contributed by atoms with E-state index < -0.39 is 5.60 Å². The van der Waals surface area contributed by atoms with Crippen molar-refractivity contribution >= 4 is 10.8 Å². The van der Waals surface area contributed by atoms with Gasteiger partial charge in [0.25, 0.3) is 0 Å². The monoisotopic (exact) mass is 229 g/mol. The van der Waals surface area contributed by atoms with Crippen molar-refractivity contribution in [3.63, 3.8) is 0 Å². The molecule has 2 nitrogen and oxygen atoms in total. The summed E-state index contributed by atoms with van der Waals surface area (Å²) in [6.07, 6.45) is 4.56. The fourth-order valence-corrected chi connectivity index (χ4v) is 2.22. The van der Waals surface area contributed by atoms with Crippen molar-refractivity contribution in [3.8, 4) is 0 Å². The molecule has 0 radical (unpaired) electrons. The SMILES string of the molecule is CCC(C)C(C)(O)c1cccc2ccncc12. The van der Waals surface area contributed by atoms with E-state index in [9.17, 15) is 5.11 Å². The molecule has 0 saturated heterocycles. The van der Waals surface area contributed by atoms with Gasteiger partial charge in [-0.05, 0) is 29.9 Å². The van der Waals surface area contributed by atoms with Gasteiger partial charge in [-0.25, -0.2) is 0 Å². The third kappa shape index (κ3) is 2.05. The molecule has 2 unspecified atom stereocenters. The number of aliphatic hydroxyl groups is 1. The number of benzene rings is 1. The van der Waals surface area contributed by atoms with E-state index in [0.29, 0.717) is 0 Å². The Kier molecular flexibility index (Phi) is 3.16. The molecule has 2 rings (SSSR count). The fraction of sp³-hybridized carbons (Fsp3) is 0.400. The average molecular weight is 229 g/mol. The summed E-state index contributed by atoms with van der Waals surface area (Å²) in [5, 5.41) is 12.9. The Morgan fingerprint density at radius 1 is 1.35 bits per heavy atom. The number of aromatic nitrogens is 1. The van der Waals surface area contributed by atoms with Crippen molar-refractivity contribution in [1.82, 2.24) is 4.98 Å². The summed E-state index contributed by atoms with van der Waals surface area (Å²) in [6.45, 7) is 6.07. The molecular weight excluding hydrogens is 210 g/mol. The zero-order chi connectivity index (χ0) is 12.5. The summed E-state index contributed by atoms with van der Waals surface area (Å²) in [5.41, 5.74) is 0.162. The van der Waals surface area contributed by atoms with Crippen molar-refractivity contribution < 1.29 is 5.11 Å². The van der Waals surface area contributed by atoms with Crippen molar-refractivity contribution in [2.75, 3.05) is 0 Å². The van der Waals surface area contributed by atoms with Crippen molar-refractivity contribution in [2.24, 2.45) is 5.92 Å². The second kappa shape index (κ2) is 4.46. The van der Waals surface area contributed by atoms with E-state index in [1.54, 1.807) is 6.20 Å². The number of hydrogen-bond donors (Lipinski definition) is 1. The third-order valence-corrected chi connectivity index (χ3v) is 3.80. The zero-order valence-electron chi connectivity index (χ0n) is 10.6. The highest BCUT2D eigenvalue weighted by atomic mass is 16.3. The minimum absolute atomic E-state index is 0.216. The van der Waals surface area contributed by atoms with Crippen LogP contribution >= 0.6 is 0 Å². The summed E-state index contributed by atoms with van der Waals surface area (Å²) in [5.74, 6) is 0.216. The van der Waals surface area contributed by atoms with E-state index in [-0.39, 0.29) is 5.92 Å². The summed E-state index contributed by atoms with van der Waals surface area (Å²) in [4.78, 5) is 4.16. The topological polar surface area (TPSA) is 33.1 Å². The lowest BCUT2D eigenvalue weighted by Crippen LogP contribution is -2.29. The number of rotatable bonds is 3. The lowest BCUT2D eigenvalue weighted by molar-refractivity contribution is 0.00141. The van der Waals surface area contributed by atoms with Gasteiger partial charge in [0, 0.05) is 17.8 Å². The van der Waals surface area contributed by atoms with Gasteiger partial charge >= 0.3 is 0 Å². The molecular formula is C15H19NO. The molecule has 2 atom stereocenters. The van der Waals surface area contributed by atoms with Gasteiger partial charge in [-0.1, -0.05) is 38.5 Å². The van der Waals surface area contributed by atoms with Crippen LogP contribution in [0.25, 0.3) is 10.8 Å². The molecule has 1 heterocycles. The molecule has 2 heteroatoms. The number of fused-ring (bicyclic) bond motifs is 1. The van der Waals surface area contributed by atoms with Crippen LogP contribution in [-0.2, 0) is 5.60 Å². The maximum atomic E-state index is 10.7. The highest BCUT2D eigenvalue weighted by Gasteiger charge is 2.30. The Labute approximate surface area is 102 Å². The summed E-state index contributed by atoms with van der Waals surface area (Å²) >= 11 is 0. The Balaban J connectivity index is 2.63. The normalized spacial score (nSPS) is 16.7. The predicted molar refractivity (Wildman–Crippen MR) is 70.8 cm³/mol. The minimum Gasteiger partial charge on any atom is -0.385 e. The Hall–Kier alpha value is -1.41. The van der Waals surface area contributed by atoms with E-state index in [1.165, 1.54) is 0 Å². The summed E-state index contributed by atoms with van der Waals surface area (Å²) < 4.78 is 0. The van der Waals surface area contributed by atoms with Gasteiger partial charge in [0.1, 0.15) is 0 Å². The lowest BCUT2D eigenvalue weighted by atomic mass is 9.81. The standard InChI is InChI=1S/C15H19NO/c1-4-11(2)15(3,17)14-7-5-6-12-8-9-16-10-13(12)14/h5-11,17H,4H2,1-3H3. The largest absolute Gasteiger partial charge is 0.385 e. The molecule has 0 bridgehead atoms. The van der Waals surface area contributed by atoms with Crippen LogP contribution in [0.4, 0.5) is 0 Å². The molecule has 2 aromatic rings. The van der Waals surface area contributed by atoms with Crippen LogP contribution in [0.3, 0.4) is 0 Å². The van der Waals surface area contributed by atoms with Crippen molar-refractivity contribution in [1.29, 1.82) is 0 Å². The van der Waals surface area contributed by atoms with Gasteiger partial charge in [0.05, 0.1) is 5.60 Å². The highest BCUT2D eigenvalue weighted by molar-refractivity contribution is 5.85. The molecule has 0 amide bonds. The van der Waals surface area contributed by atoms with Crippen LogP contribution in [0.2, 0.25) is 0 Å². The Bertz CT molecular complexity index is 514. The number of hydrogen-bond acceptors (Lipinski definition) is 2. The van der Waals surface area contributed by atoms with Crippen molar-refractivity contribution in [2.45, 2.75) is 32.8 Å². The first-order valence-corrected chi connectivity index (χ1v) is 6.13. The van der Waals surface area contributed by atoms with E-state index in [1.807, 2.05) is 37.4 Å². The van der Waals surface area contributed by atoms with Crippen LogP contribution in [0.5, 0.6) is 0 Å². The molecule has 0 aliphatic carbocycles. The molecule has 0 aliphatic heterocycles. The molecule has 1 N–H and O–H groups in total. The molecule has 0 spiro atoms. The Morgan fingerprint density at radius 3 is 2.82 bits per heavy atom. The molecule has 1 aromatic carbocycles. The van der Waals surface area contributed by atoms with Gasteiger partial charge in [-0.15, -0.1) is 0 Å². The molecule has 0 fully saturated rings. The fourth-order valence-electron chi connectivity index (χ4n) is 2.22. The minimum atomic E-state index is -0.808. The second-order valence-electron chi connectivity index (χ2n) is 4.86. The molecule has 0 aliphatic rings. The van der Waals surface area contributed by atoms with Gasteiger partial charge in [-0.2, -0.15) is 0 Å². The van der Waals surface area contributed by atoms with Crippen molar-refractivity contribution in [3.05, 3.63) is 42.2 Å². The van der Waals surface area contributed by atoms with Crippen LogP contribution in [0.15, 0.2) is 36.7 Å².